The zero-order chi connectivity index (χ0) is 22.5. The van der Waals surface area contributed by atoms with Crippen molar-refractivity contribution >= 4 is 21.9 Å². The summed E-state index contributed by atoms with van der Waals surface area (Å²) in [6.45, 7) is 5.19. The normalized spacial score (nSPS) is 12.8. The van der Waals surface area contributed by atoms with Gasteiger partial charge < -0.3 is 15.2 Å². The van der Waals surface area contributed by atoms with E-state index in [4.69, 9.17) is 4.74 Å². The first-order valence-corrected chi connectivity index (χ1v) is 11.3. The molecule has 0 radical (unpaired) electrons. The molecule has 1 amide bonds. The SMILES string of the molecule is CC(C)(C)OC(=O)NC(CC(=O)O)Cc1ccccc1-c1ccc(S(C)(=O)=O)cc1. The molecule has 162 valence electrons. The second-order valence-corrected chi connectivity index (χ2v) is 10.1. The Morgan fingerprint density at radius 1 is 1.07 bits per heavy atom. The predicted molar refractivity (Wildman–Crippen MR) is 114 cm³/mol. The molecule has 30 heavy (non-hydrogen) atoms. The fourth-order valence-electron chi connectivity index (χ4n) is 2.99. The molecular formula is C22H27NO6S. The number of rotatable bonds is 7. The van der Waals surface area contributed by atoms with E-state index < -0.39 is 33.5 Å². The molecule has 0 saturated heterocycles. The lowest BCUT2D eigenvalue weighted by atomic mass is 9.94. The second kappa shape index (κ2) is 9.30. The van der Waals surface area contributed by atoms with E-state index in [1.165, 1.54) is 12.1 Å². The van der Waals surface area contributed by atoms with Crippen LogP contribution in [-0.4, -0.2) is 43.5 Å². The van der Waals surface area contributed by atoms with Gasteiger partial charge in [0.1, 0.15) is 5.60 Å². The highest BCUT2D eigenvalue weighted by molar-refractivity contribution is 7.90. The Labute approximate surface area is 177 Å². The van der Waals surface area contributed by atoms with Gasteiger partial charge in [-0.2, -0.15) is 0 Å². The fraction of sp³-hybridized carbons (Fsp3) is 0.364. The van der Waals surface area contributed by atoms with Gasteiger partial charge in [-0.15, -0.1) is 0 Å². The maximum absolute atomic E-state index is 12.1. The summed E-state index contributed by atoms with van der Waals surface area (Å²) in [7, 11) is -3.30. The zero-order valence-corrected chi connectivity index (χ0v) is 18.3. The van der Waals surface area contributed by atoms with E-state index in [1.54, 1.807) is 32.9 Å². The number of benzene rings is 2. The Morgan fingerprint density at radius 2 is 1.67 bits per heavy atom. The van der Waals surface area contributed by atoms with Gasteiger partial charge in [0, 0.05) is 12.3 Å². The second-order valence-electron chi connectivity index (χ2n) is 8.10. The molecule has 0 aliphatic heterocycles. The molecule has 0 fully saturated rings. The number of amides is 1. The summed E-state index contributed by atoms with van der Waals surface area (Å²) in [5, 5.41) is 11.9. The predicted octanol–water partition coefficient (Wildman–Crippen LogP) is 3.67. The Balaban J connectivity index is 2.29. The van der Waals surface area contributed by atoms with Gasteiger partial charge in [-0.3, -0.25) is 4.79 Å². The molecule has 0 aromatic heterocycles. The Hall–Kier alpha value is -2.87. The third-order valence-electron chi connectivity index (χ3n) is 4.22. The average molecular weight is 434 g/mol. The van der Waals surface area contributed by atoms with Crippen molar-refractivity contribution in [2.24, 2.45) is 0 Å². The first kappa shape index (κ1) is 23.4. The third kappa shape index (κ3) is 7.18. The van der Waals surface area contributed by atoms with Crippen LogP contribution in [0.4, 0.5) is 4.79 Å². The number of carbonyl (C=O) groups excluding carboxylic acids is 1. The van der Waals surface area contributed by atoms with Crippen molar-refractivity contribution in [2.45, 2.75) is 50.2 Å². The molecule has 2 aromatic rings. The molecule has 0 aliphatic carbocycles. The van der Waals surface area contributed by atoms with Crippen molar-refractivity contribution < 1.29 is 27.9 Å². The Morgan fingerprint density at radius 3 is 2.20 bits per heavy atom. The maximum Gasteiger partial charge on any atom is 0.407 e. The number of carboxylic acid groups (broad SMARTS) is 1. The van der Waals surface area contributed by atoms with Crippen LogP contribution in [0.1, 0.15) is 32.8 Å². The van der Waals surface area contributed by atoms with Crippen LogP contribution in [0, 0.1) is 0 Å². The van der Waals surface area contributed by atoms with Crippen molar-refractivity contribution in [1.29, 1.82) is 0 Å². The summed E-state index contributed by atoms with van der Waals surface area (Å²) in [6.07, 6.45) is 0.481. The number of carbonyl (C=O) groups is 2. The van der Waals surface area contributed by atoms with Gasteiger partial charge in [-0.1, -0.05) is 36.4 Å². The van der Waals surface area contributed by atoms with Gasteiger partial charge in [0.25, 0.3) is 0 Å². The van der Waals surface area contributed by atoms with Crippen LogP contribution in [0.5, 0.6) is 0 Å². The fourth-order valence-corrected chi connectivity index (χ4v) is 3.62. The van der Waals surface area contributed by atoms with E-state index in [1.807, 2.05) is 24.3 Å². The molecule has 0 heterocycles. The lowest BCUT2D eigenvalue weighted by Crippen LogP contribution is -2.41. The van der Waals surface area contributed by atoms with Crippen molar-refractivity contribution in [3.8, 4) is 11.1 Å². The molecule has 1 unspecified atom stereocenters. The number of hydrogen-bond acceptors (Lipinski definition) is 5. The minimum atomic E-state index is -3.30. The van der Waals surface area contributed by atoms with Crippen LogP contribution in [0.25, 0.3) is 11.1 Å². The average Bonchev–Trinajstić information content (AvgIpc) is 2.59. The first-order valence-electron chi connectivity index (χ1n) is 9.45. The Bertz CT molecular complexity index is 1010. The smallest absolute Gasteiger partial charge is 0.407 e. The number of nitrogens with one attached hydrogen (secondary N) is 1. The molecule has 7 nitrogen and oxygen atoms in total. The number of aliphatic carboxylic acids is 1. The van der Waals surface area contributed by atoms with Gasteiger partial charge in [0.15, 0.2) is 9.84 Å². The van der Waals surface area contributed by atoms with Gasteiger partial charge >= 0.3 is 12.1 Å². The minimum Gasteiger partial charge on any atom is -0.481 e. The molecule has 0 saturated carbocycles. The van der Waals surface area contributed by atoms with Crippen molar-refractivity contribution in [1.82, 2.24) is 5.32 Å². The third-order valence-corrected chi connectivity index (χ3v) is 5.35. The van der Waals surface area contributed by atoms with Crippen molar-refractivity contribution in [3.63, 3.8) is 0 Å². The standard InChI is InChI=1S/C22H27NO6S/c1-22(2,3)29-21(26)23-17(14-20(24)25)13-16-7-5-6-8-19(16)15-9-11-18(12-10-15)30(4,27)28/h5-12,17H,13-14H2,1-4H3,(H,23,26)(H,24,25). The van der Waals surface area contributed by atoms with Crippen LogP contribution >= 0.6 is 0 Å². The molecule has 0 bridgehead atoms. The summed E-state index contributed by atoms with van der Waals surface area (Å²) in [6, 6.07) is 13.2. The highest BCUT2D eigenvalue weighted by Gasteiger charge is 2.22. The van der Waals surface area contributed by atoms with E-state index in [9.17, 15) is 23.1 Å². The number of ether oxygens (including phenoxy) is 1. The van der Waals surface area contributed by atoms with Crippen molar-refractivity contribution in [2.75, 3.05) is 6.26 Å². The van der Waals surface area contributed by atoms with E-state index in [2.05, 4.69) is 5.32 Å². The molecule has 0 aliphatic rings. The van der Waals surface area contributed by atoms with Crippen LogP contribution in [-0.2, 0) is 25.8 Å². The van der Waals surface area contributed by atoms with Crippen LogP contribution < -0.4 is 5.32 Å². The van der Waals surface area contributed by atoms with E-state index in [0.717, 1.165) is 22.9 Å². The largest absolute Gasteiger partial charge is 0.481 e. The zero-order valence-electron chi connectivity index (χ0n) is 17.5. The minimum absolute atomic E-state index is 0.221. The summed E-state index contributed by atoms with van der Waals surface area (Å²) in [4.78, 5) is 23.7. The highest BCUT2D eigenvalue weighted by atomic mass is 32.2. The summed E-state index contributed by atoms with van der Waals surface area (Å²) in [5.74, 6) is -1.04. The van der Waals surface area contributed by atoms with Crippen LogP contribution in [0.15, 0.2) is 53.4 Å². The van der Waals surface area contributed by atoms with E-state index in [0.29, 0.717) is 0 Å². The van der Waals surface area contributed by atoms with Crippen LogP contribution in [0.2, 0.25) is 0 Å². The van der Waals surface area contributed by atoms with Gasteiger partial charge in [-0.05, 0) is 56.0 Å². The molecule has 2 rings (SSSR count). The molecule has 0 spiro atoms. The van der Waals surface area contributed by atoms with E-state index >= 15 is 0 Å². The monoisotopic (exact) mass is 433 g/mol. The van der Waals surface area contributed by atoms with Crippen LogP contribution in [0.3, 0.4) is 0 Å². The quantitative estimate of drug-likeness (QED) is 0.689. The lowest BCUT2D eigenvalue weighted by molar-refractivity contribution is -0.137. The topological polar surface area (TPSA) is 110 Å². The Kier molecular flexibility index (Phi) is 7.25. The number of hydrogen-bond donors (Lipinski definition) is 2. The van der Waals surface area contributed by atoms with Gasteiger partial charge in [0.2, 0.25) is 0 Å². The molecule has 2 aromatic carbocycles. The van der Waals surface area contributed by atoms with Crippen molar-refractivity contribution in [3.05, 3.63) is 54.1 Å². The lowest BCUT2D eigenvalue weighted by Gasteiger charge is -2.23. The molecule has 8 heteroatoms. The molecule has 1 atom stereocenters. The van der Waals surface area contributed by atoms with E-state index in [-0.39, 0.29) is 17.7 Å². The number of carboxylic acids is 1. The number of sulfone groups is 1. The summed E-state index contributed by atoms with van der Waals surface area (Å²) < 4.78 is 28.6. The summed E-state index contributed by atoms with van der Waals surface area (Å²) >= 11 is 0. The first-order chi connectivity index (χ1) is 13.8. The molecule has 2 N–H and O–H groups in total. The van der Waals surface area contributed by atoms with Gasteiger partial charge in [-0.25, -0.2) is 13.2 Å². The number of alkyl carbamates (subject to hydrolysis) is 1. The maximum atomic E-state index is 12.1. The summed E-state index contributed by atoms with van der Waals surface area (Å²) in [5.41, 5.74) is 1.76. The van der Waals surface area contributed by atoms with Gasteiger partial charge in [0.05, 0.1) is 11.3 Å². The highest BCUT2D eigenvalue weighted by Crippen LogP contribution is 2.26. The molecular weight excluding hydrogens is 406 g/mol.